The number of carbonyl (C=O) groups is 4. The Labute approximate surface area is 581 Å². The Morgan fingerprint density at radius 2 is 0.537 bits per heavy atom. The van der Waals surface area contributed by atoms with Gasteiger partial charge in [-0.2, -0.15) is 0 Å². The molecule has 17 nitrogen and oxygen atoms in total. The maximum absolute atomic E-state index is 13.1. The van der Waals surface area contributed by atoms with E-state index in [1.807, 2.05) is 0 Å². The van der Waals surface area contributed by atoms with E-state index in [2.05, 4.69) is 41.5 Å². The van der Waals surface area contributed by atoms with Crippen molar-refractivity contribution in [3.8, 4) is 0 Å². The summed E-state index contributed by atoms with van der Waals surface area (Å²) in [6, 6.07) is 0. The van der Waals surface area contributed by atoms with Gasteiger partial charge in [-0.1, -0.05) is 343 Å². The minimum Gasteiger partial charge on any atom is -0.462 e. The molecule has 0 fully saturated rings. The lowest BCUT2D eigenvalue weighted by Crippen LogP contribution is -2.30. The van der Waals surface area contributed by atoms with Crippen LogP contribution in [0.1, 0.15) is 395 Å². The van der Waals surface area contributed by atoms with Gasteiger partial charge in [-0.05, 0) is 37.5 Å². The van der Waals surface area contributed by atoms with Crippen molar-refractivity contribution in [2.75, 3.05) is 39.6 Å². The molecular weight excluding hydrogens is 1250 g/mol. The van der Waals surface area contributed by atoms with Crippen molar-refractivity contribution in [2.45, 2.75) is 413 Å². The largest absolute Gasteiger partial charge is 0.472 e. The molecule has 6 atom stereocenters. The Balaban J connectivity index is 5.12. The SMILES string of the molecule is CCCCCCCCCCCCCCC(=O)O[C@H](COC(=O)CCCCCCC)COP(=O)(O)OC[C@H](O)COP(=O)(O)OC[C@@H](COC(=O)CCCCCCCCCCCCCCCC(C)C)OC(=O)CCCCCCCCCCCCCCCCCCCCC(C)CC. The molecule has 3 N–H and O–H groups in total. The zero-order valence-electron chi connectivity index (χ0n) is 62.0. The van der Waals surface area contributed by atoms with Gasteiger partial charge in [0.15, 0.2) is 12.2 Å². The number of unbranched alkanes of at least 4 members (excludes halogenated alkanes) is 44. The van der Waals surface area contributed by atoms with Gasteiger partial charge in [-0.25, -0.2) is 9.13 Å². The number of ether oxygens (including phenoxy) is 4. The highest BCUT2D eigenvalue weighted by atomic mass is 31.2. The average Bonchev–Trinajstić information content (AvgIpc) is 2.67. The molecule has 0 radical (unpaired) electrons. The third kappa shape index (κ3) is 69.0. The lowest BCUT2D eigenvalue weighted by molar-refractivity contribution is -0.161. The van der Waals surface area contributed by atoms with E-state index in [0.717, 1.165) is 108 Å². The number of aliphatic hydroxyl groups is 1. The Morgan fingerprint density at radius 3 is 0.800 bits per heavy atom. The van der Waals surface area contributed by atoms with Crippen LogP contribution in [0.5, 0.6) is 0 Å². The highest BCUT2D eigenvalue weighted by Gasteiger charge is 2.30. The van der Waals surface area contributed by atoms with Crippen LogP contribution in [0.15, 0.2) is 0 Å². The maximum atomic E-state index is 13.1. The Kier molecular flexibility index (Phi) is 66.5. The van der Waals surface area contributed by atoms with Crippen LogP contribution < -0.4 is 0 Å². The molecule has 0 aromatic heterocycles. The molecule has 0 saturated carbocycles. The smallest absolute Gasteiger partial charge is 0.462 e. The summed E-state index contributed by atoms with van der Waals surface area (Å²) in [4.78, 5) is 72.5. The molecule has 0 aromatic rings. The van der Waals surface area contributed by atoms with Gasteiger partial charge in [0.05, 0.1) is 26.4 Å². The molecule has 0 aliphatic carbocycles. The summed E-state index contributed by atoms with van der Waals surface area (Å²) >= 11 is 0. The van der Waals surface area contributed by atoms with Gasteiger partial charge in [-0.15, -0.1) is 0 Å². The van der Waals surface area contributed by atoms with Crippen molar-refractivity contribution in [1.29, 1.82) is 0 Å². The first-order valence-corrected chi connectivity index (χ1v) is 42.5. The van der Waals surface area contributed by atoms with E-state index >= 15 is 0 Å². The van der Waals surface area contributed by atoms with Gasteiger partial charge in [0.1, 0.15) is 19.3 Å². The predicted octanol–water partition coefficient (Wildman–Crippen LogP) is 22.3. The van der Waals surface area contributed by atoms with E-state index in [9.17, 15) is 43.2 Å². The second-order valence-corrected chi connectivity index (χ2v) is 31.0. The van der Waals surface area contributed by atoms with E-state index in [1.54, 1.807) is 0 Å². The highest BCUT2D eigenvalue weighted by Crippen LogP contribution is 2.45. The van der Waals surface area contributed by atoms with E-state index < -0.39 is 97.5 Å². The minimum absolute atomic E-state index is 0.106. The van der Waals surface area contributed by atoms with Crippen molar-refractivity contribution >= 4 is 39.5 Å². The number of carbonyl (C=O) groups excluding carboxylic acids is 4. The van der Waals surface area contributed by atoms with Crippen LogP contribution in [0.25, 0.3) is 0 Å². The standard InChI is InChI=1S/C76H148O17P2/c1-7-10-12-14-15-16-17-31-37-42-48-54-60-75(80)92-71(64-86-73(78)58-52-44-13-11-8-2)66-90-94(82,83)88-62-70(77)63-89-95(84,85)91-67-72(65-87-74(79)59-53-47-41-36-32-28-24-25-29-34-39-45-50-56-68(4)5)93-76(81)61-55-49-43-38-33-27-23-21-19-18-20-22-26-30-35-40-46-51-57-69(6)9-3/h68-72,77H,7-67H2,1-6H3,(H,82,83)(H,84,85)/t69?,70-,71+,72+/m0/s1. The molecule has 0 rings (SSSR count). The minimum atomic E-state index is -4.96. The number of esters is 4. The molecular formula is C76H148O17P2. The van der Waals surface area contributed by atoms with Gasteiger partial charge >= 0.3 is 39.5 Å². The second kappa shape index (κ2) is 67.9. The topological polar surface area (TPSA) is 237 Å². The van der Waals surface area contributed by atoms with Gasteiger partial charge in [0.25, 0.3) is 0 Å². The number of rotatable bonds is 75. The number of aliphatic hydroxyl groups excluding tert-OH is 1. The zero-order chi connectivity index (χ0) is 70.0. The number of hydrogen-bond acceptors (Lipinski definition) is 15. The molecule has 0 aromatic carbocycles. The van der Waals surface area contributed by atoms with Crippen LogP contribution in [0.2, 0.25) is 0 Å². The van der Waals surface area contributed by atoms with Crippen LogP contribution in [0.4, 0.5) is 0 Å². The van der Waals surface area contributed by atoms with Gasteiger partial charge in [0.2, 0.25) is 0 Å². The fraction of sp³-hybridized carbons (Fsp3) is 0.947. The molecule has 0 aliphatic rings. The first kappa shape index (κ1) is 93.1. The molecule has 0 amide bonds. The highest BCUT2D eigenvalue weighted by molar-refractivity contribution is 7.47. The predicted molar refractivity (Wildman–Crippen MR) is 386 cm³/mol. The number of phosphoric acid groups is 2. The molecule has 0 spiro atoms. The molecule has 0 heterocycles. The average molecular weight is 1400 g/mol. The first-order chi connectivity index (χ1) is 45.9. The summed E-state index contributed by atoms with van der Waals surface area (Å²) in [5.41, 5.74) is 0. The van der Waals surface area contributed by atoms with E-state index in [1.165, 1.54) is 205 Å². The fourth-order valence-corrected chi connectivity index (χ4v) is 13.2. The van der Waals surface area contributed by atoms with Gasteiger partial charge in [-0.3, -0.25) is 37.3 Å². The molecule has 0 aliphatic heterocycles. The zero-order valence-corrected chi connectivity index (χ0v) is 63.8. The summed E-state index contributed by atoms with van der Waals surface area (Å²) in [6.07, 6.45) is 55.9. The summed E-state index contributed by atoms with van der Waals surface area (Å²) < 4.78 is 68.3. The van der Waals surface area contributed by atoms with Gasteiger partial charge < -0.3 is 33.8 Å². The monoisotopic (exact) mass is 1400 g/mol. The summed E-state index contributed by atoms with van der Waals surface area (Å²) in [5.74, 6) is -0.465. The molecule has 0 bridgehead atoms. The summed E-state index contributed by atoms with van der Waals surface area (Å²) in [7, 11) is -9.90. The lowest BCUT2D eigenvalue weighted by Gasteiger charge is -2.21. The molecule has 95 heavy (non-hydrogen) atoms. The van der Waals surface area contributed by atoms with E-state index in [0.29, 0.717) is 25.7 Å². The molecule has 0 saturated heterocycles. The van der Waals surface area contributed by atoms with Crippen LogP contribution in [-0.2, 0) is 65.4 Å². The number of hydrogen-bond donors (Lipinski definition) is 3. The Morgan fingerprint density at radius 1 is 0.305 bits per heavy atom. The second-order valence-electron chi connectivity index (χ2n) is 28.1. The maximum Gasteiger partial charge on any atom is 0.472 e. The molecule has 19 heteroatoms. The van der Waals surface area contributed by atoms with Crippen molar-refractivity contribution in [1.82, 2.24) is 0 Å². The van der Waals surface area contributed by atoms with Crippen LogP contribution >= 0.6 is 15.6 Å². The summed E-state index contributed by atoms with van der Waals surface area (Å²) in [5, 5.41) is 10.6. The lowest BCUT2D eigenvalue weighted by atomic mass is 9.99. The van der Waals surface area contributed by atoms with E-state index in [4.69, 9.17) is 37.0 Å². The normalized spacial score (nSPS) is 14.3. The Bertz CT molecular complexity index is 1840. The van der Waals surface area contributed by atoms with Crippen LogP contribution in [0, 0.1) is 11.8 Å². The molecule has 564 valence electrons. The fourth-order valence-electron chi connectivity index (χ4n) is 11.6. The van der Waals surface area contributed by atoms with Gasteiger partial charge in [0, 0.05) is 25.7 Å². The third-order valence-electron chi connectivity index (χ3n) is 18.1. The Hall–Kier alpha value is -1.94. The van der Waals surface area contributed by atoms with Crippen LogP contribution in [0.3, 0.4) is 0 Å². The van der Waals surface area contributed by atoms with Crippen molar-refractivity contribution in [2.24, 2.45) is 11.8 Å². The third-order valence-corrected chi connectivity index (χ3v) is 20.0. The number of phosphoric ester groups is 2. The van der Waals surface area contributed by atoms with Crippen molar-refractivity contribution in [3.05, 3.63) is 0 Å². The van der Waals surface area contributed by atoms with E-state index in [-0.39, 0.29) is 25.7 Å². The first-order valence-electron chi connectivity index (χ1n) is 39.5. The summed E-state index contributed by atoms with van der Waals surface area (Å²) in [6.45, 7) is 9.59. The van der Waals surface area contributed by atoms with Crippen molar-refractivity contribution < 1.29 is 80.2 Å². The quantitative estimate of drug-likeness (QED) is 0.0222. The van der Waals surface area contributed by atoms with Crippen molar-refractivity contribution in [3.63, 3.8) is 0 Å². The van der Waals surface area contributed by atoms with Crippen LogP contribution in [-0.4, -0.2) is 96.7 Å². The molecule has 3 unspecified atom stereocenters.